The minimum atomic E-state index is -0.0519. The normalized spacial score (nSPS) is 19.3. The predicted octanol–water partition coefficient (Wildman–Crippen LogP) is 1.46. The molecular weight excluding hydrogens is 340 g/mol. The Morgan fingerprint density at radius 3 is 2.37 bits per heavy atom. The first-order chi connectivity index (χ1) is 13.1. The van der Waals surface area contributed by atoms with Gasteiger partial charge < -0.3 is 4.90 Å². The molecular formula is C20H30N6O. The van der Waals surface area contributed by atoms with Gasteiger partial charge in [0.05, 0.1) is 12.2 Å². The van der Waals surface area contributed by atoms with Crippen molar-refractivity contribution in [1.29, 1.82) is 0 Å². The molecule has 1 aliphatic carbocycles. The molecule has 0 amide bonds. The van der Waals surface area contributed by atoms with Crippen LogP contribution in [-0.4, -0.2) is 68.6 Å². The molecule has 0 radical (unpaired) electrons. The summed E-state index contributed by atoms with van der Waals surface area (Å²) in [5.74, 6) is 1.64. The summed E-state index contributed by atoms with van der Waals surface area (Å²) in [6, 6.07) is 5.35. The van der Waals surface area contributed by atoms with Crippen LogP contribution in [-0.2, 0) is 6.54 Å². The summed E-state index contributed by atoms with van der Waals surface area (Å²) in [4.78, 5) is 17.3. The molecule has 0 spiro atoms. The Balaban J connectivity index is 1.34. The van der Waals surface area contributed by atoms with Crippen LogP contribution in [0, 0.1) is 19.8 Å². The molecule has 4 rings (SSSR count). The summed E-state index contributed by atoms with van der Waals surface area (Å²) < 4.78 is 3.37. The van der Waals surface area contributed by atoms with E-state index in [4.69, 9.17) is 0 Å². The quantitative estimate of drug-likeness (QED) is 0.771. The second-order valence-electron chi connectivity index (χ2n) is 8.03. The number of aromatic nitrogens is 4. The molecule has 2 fully saturated rings. The van der Waals surface area contributed by atoms with E-state index in [-0.39, 0.29) is 5.56 Å². The van der Waals surface area contributed by atoms with Gasteiger partial charge >= 0.3 is 0 Å². The van der Waals surface area contributed by atoms with Gasteiger partial charge in [-0.25, -0.2) is 9.36 Å². The number of hydrogen-bond acceptors (Lipinski definition) is 5. The van der Waals surface area contributed by atoms with Crippen LogP contribution >= 0.6 is 0 Å². The van der Waals surface area contributed by atoms with E-state index in [0.29, 0.717) is 12.4 Å². The smallest absolute Gasteiger partial charge is 0.266 e. The summed E-state index contributed by atoms with van der Waals surface area (Å²) in [7, 11) is 0. The number of nitrogens with zero attached hydrogens (tertiary/aromatic N) is 6. The number of aryl methyl sites for hydroxylation is 2. The number of piperazine rings is 1. The maximum absolute atomic E-state index is 12.2. The van der Waals surface area contributed by atoms with Gasteiger partial charge in [0.15, 0.2) is 5.82 Å². The lowest BCUT2D eigenvalue weighted by Gasteiger charge is -2.38. The maximum Gasteiger partial charge on any atom is 0.266 e. The van der Waals surface area contributed by atoms with Gasteiger partial charge in [-0.15, -0.1) is 5.10 Å². The molecule has 7 heteroatoms. The van der Waals surface area contributed by atoms with Gasteiger partial charge in [0.25, 0.3) is 5.56 Å². The van der Waals surface area contributed by atoms with E-state index < -0.39 is 0 Å². The first kappa shape index (κ1) is 18.4. The monoisotopic (exact) mass is 370 g/mol. The largest absolute Gasteiger partial charge is 0.301 e. The summed E-state index contributed by atoms with van der Waals surface area (Å²) in [6.45, 7) is 11.2. The SMILES string of the molecule is Cc1cc(C)n(-c2ccc(=O)n(CCN3CCN(CC4CCC4)CC3)n2)n1. The van der Waals surface area contributed by atoms with Crippen molar-refractivity contribution in [3.05, 3.63) is 39.9 Å². The van der Waals surface area contributed by atoms with Crippen molar-refractivity contribution in [3.8, 4) is 5.82 Å². The average Bonchev–Trinajstić information content (AvgIpc) is 2.97. The molecule has 2 aromatic rings. The minimum Gasteiger partial charge on any atom is -0.301 e. The lowest BCUT2D eigenvalue weighted by atomic mass is 9.85. The summed E-state index contributed by atoms with van der Waals surface area (Å²) in [5.41, 5.74) is 1.92. The van der Waals surface area contributed by atoms with E-state index in [1.165, 1.54) is 25.8 Å². The molecule has 1 aliphatic heterocycles. The van der Waals surface area contributed by atoms with Crippen LogP contribution in [0.4, 0.5) is 0 Å². The zero-order valence-corrected chi connectivity index (χ0v) is 16.5. The van der Waals surface area contributed by atoms with Crippen LogP contribution in [0.2, 0.25) is 0 Å². The first-order valence-corrected chi connectivity index (χ1v) is 10.1. The van der Waals surface area contributed by atoms with Crippen molar-refractivity contribution in [1.82, 2.24) is 29.4 Å². The predicted molar refractivity (Wildman–Crippen MR) is 105 cm³/mol. The fraction of sp³-hybridized carbons (Fsp3) is 0.650. The van der Waals surface area contributed by atoms with Crippen molar-refractivity contribution in [3.63, 3.8) is 0 Å². The maximum atomic E-state index is 12.2. The summed E-state index contributed by atoms with van der Waals surface area (Å²) >= 11 is 0. The van der Waals surface area contributed by atoms with Crippen molar-refractivity contribution in [2.24, 2.45) is 5.92 Å². The third-order valence-electron chi connectivity index (χ3n) is 5.91. The van der Waals surface area contributed by atoms with E-state index in [0.717, 1.165) is 50.0 Å². The van der Waals surface area contributed by atoms with E-state index in [1.807, 2.05) is 19.9 Å². The highest BCUT2D eigenvalue weighted by Crippen LogP contribution is 2.27. The Labute approximate surface area is 160 Å². The van der Waals surface area contributed by atoms with Crippen LogP contribution in [0.15, 0.2) is 23.0 Å². The Hall–Kier alpha value is -1.99. The lowest BCUT2D eigenvalue weighted by molar-refractivity contribution is 0.0976. The van der Waals surface area contributed by atoms with Crippen LogP contribution in [0.1, 0.15) is 30.7 Å². The van der Waals surface area contributed by atoms with E-state index >= 15 is 0 Å². The van der Waals surface area contributed by atoms with Gasteiger partial charge in [-0.2, -0.15) is 5.10 Å². The molecule has 0 aromatic carbocycles. The standard InChI is InChI=1S/C20H30N6O/c1-16-14-17(2)26(21-16)19-6-7-20(27)25(22-19)13-12-23-8-10-24(11-9-23)15-18-4-3-5-18/h6-7,14,18H,3-5,8-13,15H2,1-2H3. The third kappa shape index (κ3) is 4.30. The molecule has 0 unspecified atom stereocenters. The van der Waals surface area contributed by atoms with Crippen molar-refractivity contribution >= 4 is 0 Å². The van der Waals surface area contributed by atoms with Gasteiger partial charge in [-0.05, 0) is 44.7 Å². The van der Waals surface area contributed by atoms with Gasteiger partial charge in [0, 0.05) is 51.0 Å². The highest BCUT2D eigenvalue weighted by Gasteiger charge is 2.23. The van der Waals surface area contributed by atoms with Crippen molar-refractivity contribution in [2.45, 2.75) is 39.7 Å². The topological polar surface area (TPSA) is 59.2 Å². The molecule has 0 N–H and O–H groups in total. The number of hydrogen-bond donors (Lipinski definition) is 0. The highest BCUT2D eigenvalue weighted by molar-refractivity contribution is 5.23. The van der Waals surface area contributed by atoms with Crippen LogP contribution < -0.4 is 5.56 Å². The van der Waals surface area contributed by atoms with Gasteiger partial charge in [0.1, 0.15) is 0 Å². The van der Waals surface area contributed by atoms with Gasteiger partial charge in [-0.3, -0.25) is 9.69 Å². The Kier molecular flexibility index (Phi) is 5.41. The van der Waals surface area contributed by atoms with Crippen LogP contribution in [0.25, 0.3) is 5.82 Å². The zero-order valence-electron chi connectivity index (χ0n) is 16.5. The third-order valence-corrected chi connectivity index (χ3v) is 5.91. The van der Waals surface area contributed by atoms with Crippen LogP contribution in [0.5, 0.6) is 0 Å². The Morgan fingerprint density at radius 1 is 1.00 bits per heavy atom. The number of rotatable bonds is 6. The van der Waals surface area contributed by atoms with E-state index in [9.17, 15) is 4.79 Å². The second kappa shape index (κ2) is 7.94. The summed E-state index contributed by atoms with van der Waals surface area (Å²) in [6.07, 6.45) is 4.25. The molecule has 27 heavy (non-hydrogen) atoms. The molecule has 1 saturated heterocycles. The van der Waals surface area contributed by atoms with Crippen molar-refractivity contribution in [2.75, 3.05) is 39.3 Å². The van der Waals surface area contributed by atoms with Crippen molar-refractivity contribution < 1.29 is 0 Å². The highest BCUT2D eigenvalue weighted by atomic mass is 16.1. The Bertz CT molecular complexity index is 829. The Morgan fingerprint density at radius 2 is 1.74 bits per heavy atom. The molecule has 146 valence electrons. The molecule has 2 aromatic heterocycles. The second-order valence-corrected chi connectivity index (χ2v) is 8.03. The van der Waals surface area contributed by atoms with Crippen LogP contribution in [0.3, 0.4) is 0 Å². The first-order valence-electron chi connectivity index (χ1n) is 10.1. The van der Waals surface area contributed by atoms with Gasteiger partial charge in [0.2, 0.25) is 0 Å². The average molecular weight is 371 g/mol. The zero-order chi connectivity index (χ0) is 18.8. The molecule has 3 heterocycles. The fourth-order valence-corrected chi connectivity index (χ4v) is 4.04. The molecule has 0 bridgehead atoms. The molecule has 7 nitrogen and oxygen atoms in total. The van der Waals surface area contributed by atoms with E-state index in [1.54, 1.807) is 21.5 Å². The minimum absolute atomic E-state index is 0.0519. The van der Waals surface area contributed by atoms with E-state index in [2.05, 4.69) is 20.0 Å². The van der Waals surface area contributed by atoms with Gasteiger partial charge in [-0.1, -0.05) is 6.42 Å². The lowest BCUT2D eigenvalue weighted by Crippen LogP contribution is -2.49. The molecule has 0 atom stereocenters. The molecule has 1 saturated carbocycles. The fourth-order valence-electron chi connectivity index (χ4n) is 4.04. The molecule has 2 aliphatic rings. The summed E-state index contributed by atoms with van der Waals surface area (Å²) in [5, 5.41) is 9.01.